The molecule has 0 aliphatic heterocycles. The minimum absolute atomic E-state index is 0.101. The maximum absolute atomic E-state index is 12.6. The predicted molar refractivity (Wildman–Crippen MR) is 125 cm³/mol. The van der Waals surface area contributed by atoms with Crippen LogP contribution in [0.25, 0.3) is 6.08 Å². The lowest BCUT2D eigenvalue weighted by molar-refractivity contribution is 0.0827. The van der Waals surface area contributed by atoms with E-state index in [1.165, 1.54) is 11.0 Å². The van der Waals surface area contributed by atoms with E-state index < -0.39 is 5.60 Å². The number of carbonyl (C=O) groups excluding carboxylic acids is 2. The molecule has 0 atom stereocenters. The first-order valence-corrected chi connectivity index (χ1v) is 10.3. The summed E-state index contributed by atoms with van der Waals surface area (Å²) in [5, 5.41) is 0. The smallest absolute Gasteiger partial charge is 0.253 e. The number of benzene rings is 2. The minimum Gasteiger partial charge on any atom is -0.488 e. The van der Waals surface area contributed by atoms with Crippen molar-refractivity contribution in [2.45, 2.75) is 52.7 Å². The molecule has 0 radical (unpaired) electrons. The molecule has 2 aromatic carbocycles. The van der Waals surface area contributed by atoms with Crippen LogP contribution >= 0.6 is 0 Å². The van der Waals surface area contributed by atoms with E-state index in [0.717, 1.165) is 5.56 Å². The molecule has 166 valence electrons. The van der Waals surface area contributed by atoms with Crippen molar-refractivity contribution in [2.75, 3.05) is 14.1 Å². The molecule has 0 saturated carbocycles. The zero-order chi connectivity index (χ0) is 23.4. The maximum atomic E-state index is 12.6. The zero-order valence-electron chi connectivity index (χ0n) is 19.8. The van der Waals surface area contributed by atoms with Gasteiger partial charge in [-0.25, -0.2) is 0 Å². The Morgan fingerprint density at radius 1 is 0.806 bits per heavy atom. The molecular weight excluding hydrogens is 390 g/mol. The normalized spacial score (nSPS) is 12.0. The van der Waals surface area contributed by atoms with Gasteiger partial charge < -0.3 is 14.4 Å². The van der Waals surface area contributed by atoms with Gasteiger partial charge in [0.25, 0.3) is 5.91 Å². The number of rotatable bonds is 6. The average molecular weight is 424 g/mol. The summed E-state index contributed by atoms with van der Waals surface area (Å²) in [6, 6.07) is 12.2. The molecule has 0 spiro atoms. The van der Waals surface area contributed by atoms with Crippen molar-refractivity contribution in [1.82, 2.24) is 4.90 Å². The van der Waals surface area contributed by atoms with Gasteiger partial charge in [-0.1, -0.05) is 12.1 Å². The molecule has 5 nitrogen and oxygen atoms in total. The molecule has 2 aromatic rings. The van der Waals surface area contributed by atoms with E-state index in [0.29, 0.717) is 22.6 Å². The molecule has 0 bridgehead atoms. The van der Waals surface area contributed by atoms with E-state index in [-0.39, 0.29) is 17.3 Å². The largest absolute Gasteiger partial charge is 0.488 e. The maximum Gasteiger partial charge on any atom is 0.253 e. The fraction of sp³-hybridized carbons (Fsp3) is 0.385. The van der Waals surface area contributed by atoms with Gasteiger partial charge in [0.1, 0.15) is 22.7 Å². The highest BCUT2D eigenvalue weighted by Gasteiger charge is 2.17. The van der Waals surface area contributed by atoms with Gasteiger partial charge in [0, 0.05) is 36.9 Å². The highest BCUT2D eigenvalue weighted by Crippen LogP contribution is 2.31. The lowest BCUT2D eigenvalue weighted by atomic mass is 10.1. The lowest BCUT2D eigenvalue weighted by Gasteiger charge is -2.25. The lowest BCUT2D eigenvalue weighted by Crippen LogP contribution is -2.24. The molecule has 0 aromatic heterocycles. The Hall–Kier alpha value is -3.08. The number of hydrogen-bond acceptors (Lipinski definition) is 4. The number of ketones is 1. The monoisotopic (exact) mass is 423 g/mol. The molecule has 0 N–H and O–H groups in total. The first-order valence-electron chi connectivity index (χ1n) is 10.3. The van der Waals surface area contributed by atoms with Crippen LogP contribution in [0.3, 0.4) is 0 Å². The molecule has 0 saturated heterocycles. The van der Waals surface area contributed by atoms with Gasteiger partial charge in [0.05, 0.1) is 0 Å². The topological polar surface area (TPSA) is 55.8 Å². The summed E-state index contributed by atoms with van der Waals surface area (Å²) in [5.74, 6) is 1.10. The summed E-state index contributed by atoms with van der Waals surface area (Å²) >= 11 is 0. The van der Waals surface area contributed by atoms with Gasteiger partial charge in [-0.05, 0) is 78.0 Å². The van der Waals surface area contributed by atoms with Crippen LogP contribution in [-0.4, -0.2) is 41.9 Å². The van der Waals surface area contributed by atoms with Crippen molar-refractivity contribution in [2.24, 2.45) is 0 Å². The van der Waals surface area contributed by atoms with Crippen molar-refractivity contribution in [3.05, 3.63) is 65.2 Å². The number of hydrogen-bond donors (Lipinski definition) is 0. The number of nitrogens with zero attached hydrogens (tertiary/aromatic N) is 1. The standard InChI is InChI=1S/C26H33NO4/c1-25(2,3)30-21-15-13-19(23(17-21)31-26(4,5)6)14-16-22(28)18-9-11-20(12-10-18)24(29)27(7)8/h9-17H,1-8H3/b16-14-. The minimum atomic E-state index is -0.401. The summed E-state index contributed by atoms with van der Waals surface area (Å²) < 4.78 is 12.1. The predicted octanol–water partition coefficient (Wildman–Crippen LogP) is 5.64. The second-order valence-corrected chi connectivity index (χ2v) is 9.60. The van der Waals surface area contributed by atoms with E-state index in [2.05, 4.69) is 0 Å². The molecule has 5 heteroatoms. The molecule has 0 heterocycles. The van der Waals surface area contributed by atoms with Crippen molar-refractivity contribution in [1.29, 1.82) is 0 Å². The highest BCUT2D eigenvalue weighted by molar-refractivity contribution is 6.07. The number of ether oxygens (including phenoxy) is 2. The summed E-state index contributed by atoms with van der Waals surface area (Å²) in [5.41, 5.74) is 1.11. The van der Waals surface area contributed by atoms with Crippen LogP contribution in [0.2, 0.25) is 0 Å². The van der Waals surface area contributed by atoms with E-state index in [1.54, 1.807) is 44.4 Å². The van der Waals surface area contributed by atoms with E-state index in [1.807, 2.05) is 59.7 Å². The van der Waals surface area contributed by atoms with Crippen LogP contribution in [0.15, 0.2) is 48.5 Å². The van der Waals surface area contributed by atoms with Gasteiger partial charge >= 0.3 is 0 Å². The Morgan fingerprint density at radius 2 is 1.35 bits per heavy atom. The molecule has 0 aliphatic carbocycles. The first kappa shape index (κ1) is 24.2. The molecule has 0 unspecified atom stereocenters. The van der Waals surface area contributed by atoms with Crippen molar-refractivity contribution in [3.63, 3.8) is 0 Å². The second kappa shape index (κ2) is 9.38. The van der Waals surface area contributed by atoms with E-state index >= 15 is 0 Å². The molecule has 1 amide bonds. The molecule has 2 rings (SSSR count). The number of allylic oxidation sites excluding steroid dienone is 1. The van der Waals surface area contributed by atoms with Gasteiger partial charge in [-0.3, -0.25) is 9.59 Å². The van der Waals surface area contributed by atoms with Crippen molar-refractivity contribution >= 4 is 17.8 Å². The van der Waals surface area contributed by atoms with Gasteiger partial charge in [-0.2, -0.15) is 0 Å². The zero-order valence-corrected chi connectivity index (χ0v) is 19.8. The summed E-state index contributed by atoms with van der Waals surface area (Å²) in [6.45, 7) is 11.9. The average Bonchev–Trinajstić information content (AvgIpc) is 2.64. The Morgan fingerprint density at radius 3 is 1.87 bits per heavy atom. The molecule has 0 fully saturated rings. The van der Waals surface area contributed by atoms with E-state index in [4.69, 9.17) is 9.47 Å². The van der Waals surface area contributed by atoms with Crippen LogP contribution in [0.4, 0.5) is 0 Å². The van der Waals surface area contributed by atoms with Crippen LogP contribution in [0, 0.1) is 0 Å². The fourth-order valence-corrected chi connectivity index (χ4v) is 2.78. The van der Waals surface area contributed by atoms with Crippen molar-refractivity contribution < 1.29 is 19.1 Å². The van der Waals surface area contributed by atoms with Gasteiger partial charge in [0.2, 0.25) is 0 Å². The first-order chi connectivity index (χ1) is 14.2. The van der Waals surface area contributed by atoms with Crippen LogP contribution in [0.5, 0.6) is 11.5 Å². The molecule has 0 aliphatic rings. The molecule has 31 heavy (non-hydrogen) atoms. The number of carbonyl (C=O) groups is 2. The van der Waals surface area contributed by atoms with Crippen LogP contribution in [-0.2, 0) is 0 Å². The summed E-state index contributed by atoms with van der Waals surface area (Å²) in [7, 11) is 3.39. The quantitative estimate of drug-likeness (QED) is 0.446. The third kappa shape index (κ3) is 7.59. The van der Waals surface area contributed by atoms with Crippen molar-refractivity contribution in [3.8, 4) is 11.5 Å². The summed E-state index contributed by atoms with van der Waals surface area (Å²) in [6.07, 6.45) is 3.25. The summed E-state index contributed by atoms with van der Waals surface area (Å²) in [4.78, 5) is 26.1. The Bertz CT molecular complexity index is 958. The third-order valence-corrected chi connectivity index (χ3v) is 4.06. The Labute approximate surface area is 185 Å². The Kier molecular flexibility index (Phi) is 7.32. The highest BCUT2D eigenvalue weighted by atomic mass is 16.5. The third-order valence-electron chi connectivity index (χ3n) is 4.06. The van der Waals surface area contributed by atoms with Gasteiger partial charge in [0.15, 0.2) is 5.78 Å². The molecular formula is C26H33NO4. The number of amides is 1. The van der Waals surface area contributed by atoms with E-state index in [9.17, 15) is 9.59 Å². The Balaban J connectivity index is 2.27. The van der Waals surface area contributed by atoms with Gasteiger partial charge in [-0.15, -0.1) is 0 Å². The fourth-order valence-electron chi connectivity index (χ4n) is 2.78. The van der Waals surface area contributed by atoms with Crippen LogP contribution in [0.1, 0.15) is 67.8 Å². The SMILES string of the molecule is CN(C)C(=O)c1ccc(C(=O)/C=C\c2ccc(OC(C)(C)C)cc2OC(C)(C)C)cc1. The van der Waals surface area contributed by atoms with Crippen LogP contribution < -0.4 is 9.47 Å². The second-order valence-electron chi connectivity index (χ2n) is 9.60.